The minimum Gasteiger partial charge on any atom is -0.496 e. The van der Waals surface area contributed by atoms with E-state index < -0.39 is 11.7 Å². The third-order valence-corrected chi connectivity index (χ3v) is 5.54. The number of aliphatic hydroxyl groups excluding tert-OH is 1. The summed E-state index contributed by atoms with van der Waals surface area (Å²) in [7, 11) is 1.62. The van der Waals surface area contributed by atoms with Crippen LogP contribution in [-0.4, -0.2) is 55.1 Å². The number of nitrogens with zero attached hydrogens (tertiary/aromatic N) is 1. The van der Waals surface area contributed by atoms with E-state index in [1.54, 1.807) is 7.11 Å². The maximum atomic E-state index is 11.3. The number of para-hydroxylation sites is 1. The van der Waals surface area contributed by atoms with Gasteiger partial charge in [-0.05, 0) is 43.1 Å². The summed E-state index contributed by atoms with van der Waals surface area (Å²) in [5.41, 5.74) is 0.601. The molecule has 2 aromatic rings. The zero-order valence-corrected chi connectivity index (χ0v) is 16.1. The van der Waals surface area contributed by atoms with E-state index in [0.717, 1.165) is 24.1 Å². The van der Waals surface area contributed by atoms with Gasteiger partial charge in [-0.2, -0.15) is 0 Å². The molecule has 28 heavy (non-hydrogen) atoms. The van der Waals surface area contributed by atoms with Crippen LogP contribution >= 0.6 is 0 Å². The topological polar surface area (TPSA) is 71.4 Å². The Morgan fingerprint density at radius 1 is 1.14 bits per heavy atom. The van der Waals surface area contributed by atoms with Crippen molar-refractivity contribution in [2.75, 3.05) is 40.0 Å². The Labute approximate surface area is 165 Å². The van der Waals surface area contributed by atoms with Gasteiger partial charge in [-0.1, -0.05) is 24.3 Å². The van der Waals surface area contributed by atoms with Crippen molar-refractivity contribution in [3.63, 3.8) is 0 Å². The average molecular weight is 385 g/mol. The lowest BCUT2D eigenvalue weighted by molar-refractivity contribution is -0.0474. The van der Waals surface area contributed by atoms with E-state index in [2.05, 4.69) is 4.90 Å². The molecule has 1 fully saturated rings. The number of β-amino-alcohol motifs (C(OH)–C–C–N with tert-alkyl or cyclic N) is 2. The first-order chi connectivity index (χ1) is 13.6. The standard InChI is InChI=1S/C22H27NO5/c1-26-19-6-3-2-5-17(19)22(25)9-4-10-23(15-22)14-18(24)16-7-8-20-21(13-16)28-12-11-27-20/h2-3,5-8,13,18,24-25H,4,9-12,14-15H2,1H3/t18-,22+/m0/s1. The van der Waals surface area contributed by atoms with Gasteiger partial charge >= 0.3 is 0 Å². The molecule has 0 saturated carbocycles. The fourth-order valence-corrected chi connectivity index (χ4v) is 4.15. The molecule has 2 N–H and O–H groups in total. The van der Waals surface area contributed by atoms with Crippen LogP contribution in [-0.2, 0) is 5.60 Å². The summed E-state index contributed by atoms with van der Waals surface area (Å²) < 4.78 is 16.6. The highest BCUT2D eigenvalue weighted by molar-refractivity contribution is 5.44. The number of fused-ring (bicyclic) bond motifs is 1. The molecule has 2 aliphatic rings. The van der Waals surface area contributed by atoms with Gasteiger partial charge < -0.3 is 24.4 Å². The molecule has 2 heterocycles. The number of benzene rings is 2. The molecule has 0 unspecified atom stereocenters. The van der Waals surface area contributed by atoms with Crippen LogP contribution in [0.25, 0.3) is 0 Å². The van der Waals surface area contributed by atoms with Crippen LogP contribution in [0.1, 0.15) is 30.1 Å². The van der Waals surface area contributed by atoms with Crippen molar-refractivity contribution in [3.8, 4) is 17.2 Å². The molecular formula is C22H27NO5. The molecule has 4 rings (SSSR count). The summed E-state index contributed by atoms with van der Waals surface area (Å²) >= 11 is 0. The highest BCUT2D eigenvalue weighted by Gasteiger charge is 2.37. The Kier molecular flexibility index (Phi) is 5.44. The molecule has 0 radical (unpaired) electrons. The Bertz CT molecular complexity index is 826. The molecule has 150 valence electrons. The Balaban J connectivity index is 1.48. The third kappa shape index (κ3) is 3.81. The van der Waals surface area contributed by atoms with E-state index in [4.69, 9.17) is 14.2 Å². The van der Waals surface area contributed by atoms with Gasteiger partial charge in [0, 0.05) is 18.7 Å². The average Bonchev–Trinajstić information content (AvgIpc) is 2.73. The Morgan fingerprint density at radius 3 is 2.75 bits per heavy atom. The number of hydrogen-bond donors (Lipinski definition) is 2. The van der Waals surface area contributed by atoms with Crippen molar-refractivity contribution >= 4 is 0 Å². The number of aliphatic hydroxyl groups is 2. The Morgan fingerprint density at radius 2 is 1.93 bits per heavy atom. The molecule has 6 heteroatoms. The molecule has 0 spiro atoms. The van der Waals surface area contributed by atoms with Crippen LogP contribution in [0.2, 0.25) is 0 Å². The number of piperidine rings is 1. The second kappa shape index (κ2) is 7.99. The van der Waals surface area contributed by atoms with Gasteiger partial charge in [0.2, 0.25) is 0 Å². The van der Waals surface area contributed by atoms with Crippen LogP contribution in [0.4, 0.5) is 0 Å². The first-order valence-corrected chi connectivity index (χ1v) is 9.75. The lowest BCUT2D eigenvalue weighted by atomic mass is 9.85. The van der Waals surface area contributed by atoms with Crippen molar-refractivity contribution in [3.05, 3.63) is 53.6 Å². The molecule has 0 bridgehead atoms. The first kappa shape index (κ1) is 19.1. The van der Waals surface area contributed by atoms with Crippen molar-refractivity contribution in [2.45, 2.75) is 24.5 Å². The quantitative estimate of drug-likeness (QED) is 0.824. The molecule has 1 saturated heterocycles. The van der Waals surface area contributed by atoms with Crippen LogP contribution in [0, 0.1) is 0 Å². The molecule has 6 nitrogen and oxygen atoms in total. The molecule has 0 aliphatic carbocycles. The molecule has 0 aromatic heterocycles. The normalized spacial score (nSPS) is 23.2. The van der Waals surface area contributed by atoms with E-state index in [1.165, 1.54) is 0 Å². The summed E-state index contributed by atoms with van der Waals surface area (Å²) in [5, 5.41) is 22.1. The summed E-state index contributed by atoms with van der Waals surface area (Å²) in [6.45, 7) is 2.79. The minimum absolute atomic E-state index is 0.442. The fourth-order valence-electron chi connectivity index (χ4n) is 4.15. The summed E-state index contributed by atoms with van der Waals surface area (Å²) in [6.07, 6.45) is 0.850. The van der Waals surface area contributed by atoms with Crippen LogP contribution in [0.15, 0.2) is 42.5 Å². The molecule has 2 atom stereocenters. The molecule has 2 aliphatic heterocycles. The molecular weight excluding hydrogens is 358 g/mol. The zero-order chi connectivity index (χ0) is 19.6. The van der Waals surface area contributed by atoms with Crippen molar-refractivity contribution in [2.24, 2.45) is 0 Å². The summed E-state index contributed by atoms with van der Waals surface area (Å²) in [6, 6.07) is 13.2. The van der Waals surface area contributed by atoms with Gasteiger partial charge in [0.1, 0.15) is 24.6 Å². The number of methoxy groups -OCH3 is 1. The lowest BCUT2D eigenvalue weighted by Crippen LogP contribution is -2.47. The third-order valence-electron chi connectivity index (χ3n) is 5.54. The maximum Gasteiger partial charge on any atom is 0.161 e. The van der Waals surface area contributed by atoms with Crippen LogP contribution in [0.3, 0.4) is 0 Å². The van der Waals surface area contributed by atoms with E-state index in [0.29, 0.717) is 50.0 Å². The van der Waals surface area contributed by atoms with Gasteiger partial charge in [-0.3, -0.25) is 4.90 Å². The van der Waals surface area contributed by atoms with Gasteiger partial charge in [0.05, 0.1) is 13.2 Å². The van der Waals surface area contributed by atoms with E-state index in [-0.39, 0.29) is 0 Å². The smallest absolute Gasteiger partial charge is 0.161 e. The predicted molar refractivity (Wildman–Crippen MR) is 105 cm³/mol. The molecule has 0 amide bonds. The first-order valence-electron chi connectivity index (χ1n) is 9.75. The largest absolute Gasteiger partial charge is 0.496 e. The maximum absolute atomic E-state index is 11.3. The second-order valence-corrected chi connectivity index (χ2v) is 7.49. The van der Waals surface area contributed by atoms with Crippen molar-refractivity contribution in [1.29, 1.82) is 0 Å². The van der Waals surface area contributed by atoms with Crippen LogP contribution < -0.4 is 14.2 Å². The number of ether oxygens (including phenoxy) is 3. The van der Waals surface area contributed by atoms with Crippen molar-refractivity contribution < 1.29 is 24.4 Å². The molecule has 2 aromatic carbocycles. The minimum atomic E-state index is -0.989. The van der Waals surface area contributed by atoms with E-state index in [9.17, 15) is 10.2 Å². The fraction of sp³-hybridized carbons (Fsp3) is 0.455. The van der Waals surface area contributed by atoms with Crippen molar-refractivity contribution in [1.82, 2.24) is 4.90 Å². The number of likely N-dealkylation sites (tertiary alicyclic amines) is 1. The van der Waals surface area contributed by atoms with Crippen LogP contribution in [0.5, 0.6) is 17.2 Å². The highest BCUT2D eigenvalue weighted by Crippen LogP contribution is 2.38. The zero-order valence-electron chi connectivity index (χ0n) is 16.1. The Hall–Kier alpha value is -2.28. The van der Waals surface area contributed by atoms with Gasteiger partial charge in [0.15, 0.2) is 11.5 Å². The summed E-state index contributed by atoms with van der Waals surface area (Å²) in [4.78, 5) is 2.11. The predicted octanol–water partition coefficient (Wildman–Crippen LogP) is 2.48. The van der Waals surface area contributed by atoms with Gasteiger partial charge in [0.25, 0.3) is 0 Å². The summed E-state index contributed by atoms with van der Waals surface area (Å²) in [5.74, 6) is 2.08. The number of rotatable bonds is 5. The number of hydrogen-bond acceptors (Lipinski definition) is 6. The second-order valence-electron chi connectivity index (χ2n) is 7.49. The van der Waals surface area contributed by atoms with Gasteiger partial charge in [-0.25, -0.2) is 0 Å². The SMILES string of the molecule is COc1ccccc1[C@@]1(O)CCCN(C[C@H](O)c2ccc3c(c2)OCCO3)C1. The highest BCUT2D eigenvalue weighted by atomic mass is 16.6. The van der Waals surface area contributed by atoms with E-state index in [1.807, 2.05) is 42.5 Å². The lowest BCUT2D eigenvalue weighted by Gasteiger charge is -2.40. The monoisotopic (exact) mass is 385 g/mol. The van der Waals surface area contributed by atoms with E-state index >= 15 is 0 Å². The van der Waals surface area contributed by atoms with Gasteiger partial charge in [-0.15, -0.1) is 0 Å².